The molecule has 158 valence electrons. The van der Waals surface area contributed by atoms with Crippen molar-refractivity contribution >= 4 is 5.91 Å². The van der Waals surface area contributed by atoms with E-state index in [4.69, 9.17) is 18.9 Å². The van der Waals surface area contributed by atoms with Crippen LogP contribution in [0.3, 0.4) is 0 Å². The molecule has 0 aliphatic carbocycles. The average molecular weight is 402 g/mol. The molecule has 6 heteroatoms. The Bertz CT molecular complexity index is 748. The topological polar surface area (TPSA) is 66.0 Å². The van der Waals surface area contributed by atoms with E-state index >= 15 is 0 Å². The zero-order valence-electron chi connectivity index (χ0n) is 17.6. The fourth-order valence-electron chi connectivity index (χ4n) is 2.75. The van der Waals surface area contributed by atoms with Crippen molar-refractivity contribution in [3.63, 3.8) is 0 Å². The molecule has 1 amide bonds. The Balaban J connectivity index is 1.86. The molecule has 0 saturated carbocycles. The number of methoxy groups -OCH3 is 1. The molecule has 2 aromatic rings. The molecule has 1 N–H and O–H groups in total. The van der Waals surface area contributed by atoms with Gasteiger partial charge in [-0.1, -0.05) is 24.3 Å². The number of hydrogen-bond donors (Lipinski definition) is 1. The first-order valence-corrected chi connectivity index (χ1v) is 9.94. The van der Waals surface area contributed by atoms with Crippen molar-refractivity contribution in [3.05, 3.63) is 54.1 Å². The van der Waals surface area contributed by atoms with Crippen molar-refractivity contribution in [1.29, 1.82) is 0 Å². The highest BCUT2D eigenvalue weighted by Crippen LogP contribution is 2.29. The molecule has 0 bridgehead atoms. The second-order valence-corrected chi connectivity index (χ2v) is 6.76. The first kappa shape index (κ1) is 22.6. The van der Waals surface area contributed by atoms with E-state index in [2.05, 4.69) is 5.32 Å². The Hall–Kier alpha value is -2.73. The van der Waals surface area contributed by atoms with E-state index in [0.29, 0.717) is 36.8 Å². The normalized spacial score (nSPS) is 11.8. The molecule has 0 aliphatic rings. The highest BCUT2D eigenvalue weighted by atomic mass is 16.5. The van der Waals surface area contributed by atoms with Crippen LogP contribution in [0, 0.1) is 0 Å². The molecule has 0 aromatic heterocycles. The van der Waals surface area contributed by atoms with E-state index in [-0.39, 0.29) is 18.6 Å². The molecule has 2 rings (SSSR count). The molecule has 0 radical (unpaired) electrons. The van der Waals surface area contributed by atoms with Gasteiger partial charge in [-0.15, -0.1) is 0 Å². The minimum Gasteiger partial charge on any atom is -0.493 e. The van der Waals surface area contributed by atoms with E-state index in [0.717, 1.165) is 5.56 Å². The van der Waals surface area contributed by atoms with Gasteiger partial charge in [-0.25, -0.2) is 0 Å². The molecule has 2 aromatic carbocycles. The summed E-state index contributed by atoms with van der Waals surface area (Å²) in [4.78, 5) is 12.5. The average Bonchev–Trinajstić information content (AvgIpc) is 2.72. The quantitative estimate of drug-likeness (QED) is 0.588. The van der Waals surface area contributed by atoms with Crippen LogP contribution in [-0.2, 0) is 16.0 Å². The summed E-state index contributed by atoms with van der Waals surface area (Å²) in [5.41, 5.74) is 1.05. The molecule has 0 saturated heterocycles. The van der Waals surface area contributed by atoms with E-state index in [1.165, 1.54) is 0 Å². The van der Waals surface area contributed by atoms with Crippen LogP contribution >= 0.6 is 0 Å². The largest absolute Gasteiger partial charge is 0.493 e. The standard InChI is InChI=1S/C23H31NO5/c1-5-27-22(16-28-19-9-7-6-8-10-19)23(25)24-14-13-18-11-12-20(29-17(2)3)21(15-18)26-4/h6-12,15,17,22H,5,13-14,16H2,1-4H3,(H,24,25)/t22-/m0/s1. The highest BCUT2D eigenvalue weighted by molar-refractivity contribution is 5.81. The van der Waals surface area contributed by atoms with Crippen molar-refractivity contribution in [1.82, 2.24) is 5.32 Å². The second-order valence-electron chi connectivity index (χ2n) is 6.76. The van der Waals surface area contributed by atoms with Gasteiger partial charge >= 0.3 is 0 Å². The number of hydrogen-bond acceptors (Lipinski definition) is 5. The van der Waals surface area contributed by atoms with E-state index < -0.39 is 6.10 Å². The van der Waals surface area contributed by atoms with Crippen molar-refractivity contribution in [3.8, 4) is 17.2 Å². The minimum absolute atomic E-state index is 0.0719. The number of carbonyl (C=O) groups excluding carboxylic acids is 1. The SMILES string of the molecule is CCO[C@@H](COc1ccccc1)C(=O)NCCc1ccc(OC(C)C)c(OC)c1. The lowest BCUT2D eigenvalue weighted by Gasteiger charge is -2.18. The highest BCUT2D eigenvalue weighted by Gasteiger charge is 2.19. The fourth-order valence-corrected chi connectivity index (χ4v) is 2.75. The Labute approximate surface area is 173 Å². The summed E-state index contributed by atoms with van der Waals surface area (Å²) in [7, 11) is 1.62. The van der Waals surface area contributed by atoms with Gasteiger partial charge in [-0.3, -0.25) is 4.79 Å². The molecule has 1 atom stereocenters. The lowest BCUT2D eigenvalue weighted by Crippen LogP contribution is -2.41. The zero-order chi connectivity index (χ0) is 21.1. The number of nitrogens with one attached hydrogen (secondary N) is 1. The fraction of sp³-hybridized carbons (Fsp3) is 0.435. The molecule has 0 unspecified atom stereocenters. The summed E-state index contributed by atoms with van der Waals surface area (Å²) in [5.74, 6) is 1.92. The van der Waals surface area contributed by atoms with Gasteiger partial charge in [0.2, 0.25) is 0 Å². The predicted molar refractivity (Wildman–Crippen MR) is 113 cm³/mol. The lowest BCUT2D eigenvalue weighted by atomic mass is 10.1. The van der Waals surface area contributed by atoms with Gasteiger partial charge in [0.1, 0.15) is 12.4 Å². The van der Waals surface area contributed by atoms with Gasteiger partial charge in [-0.2, -0.15) is 0 Å². The lowest BCUT2D eigenvalue weighted by molar-refractivity contribution is -0.134. The zero-order valence-corrected chi connectivity index (χ0v) is 17.6. The number of carbonyl (C=O) groups is 1. The Morgan fingerprint density at radius 1 is 1.07 bits per heavy atom. The monoisotopic (exact) mass is 401 g/mol. The van der Waals surface area contributed by atoms with E-state index in [1.807, 2.05) is 69.3 Å². The number of benzene rings is 2. The van der Waals surface area contributed by atoms with Gasteiger partial charge in [-0.05, 0) is 57.0 Å². The summed E-state index contributed by atoms with van der Waals surface area (Å²) in [6.07, 6.45) is 0.0850. The smallest absolute Gasteiger partial charge is 0.252 e. The van der Waals surface area contributed by atoms with Crippen LogP contribution in [0.25, 0.3) is 0 Å². The van der Waals surface area contributed by atoms with Crippen molar-refractivity contribution in [2.75, 3.05) is 26.9 Å². The third-order valence-corrected chi connectivity index (χ3v) is 4.11. The number of ether oxygens (including phenoxy) is 4. The van der Waals surface area contributed by atoms with Gasteiger partial charge in [0.05, 0.1) is 13.2 Å². The third-order valence-electron chi connectivity index (χ3n) is 4.11. The van der Waals surface area contributed by atoms with Crippen LogP contribution in [-0.4, -0.2) is 45.0 Å². The maximum absolute atomic E-state index is 12.5. The maximum atomic E-state index is 12.5. The summed E-state index contributed by atoms with van der Waals surface area (Å²) < 4.78 is 22.3. The first-order chi connectivity index (χ1) is 14.0. The number of amides is 1. The van der Waals surface area contributed by atoms with Crippen molar-refractivity contribution in [2.24, 2.45) is 0 Å². The minimum atomic E-state index is -0.656. The molecule has 0 heterocycles. The van der Waals surface area contributed by atoms with Crippen LogP contribution in [0.1, 0.15) is 26.3 Å². The molecular weight excluding hydrogens is 370 g/mol. The van der Waals surface area contributed by atoms with Crippen LogP contribution in [0.5, 0.6) is 17.2 Å². The molecule has 29 heavy (non-hydrogen) atoms. The van der Waals surface area contributed by atoms with E-state index in [9.17, 15) is 4.79 Å². The first-order valence-electron chi connectivity index (χ1n) is 9.94. The molecule has 0 aliphatic heterocycles. The van der Waals surface area contributed by atoms with Crippen LogP contribution < -0.4 is 19.5 Å². The number of para-hydroxylation sites is 1. The summed E-state index contributed by atoms with van der Waals surface area (Å²) >= 11 is 0. The van der Waals surface area contributed by atoms with Crippen molar-refractivity contribution in [2.45, 2.75) is 39.4 Å². The third kappa shape index (κ3) is 7.66. The molecule has 0 spiro atoms. The Morgan fingerprint density at radius 3 is 2.48 bits per heavy atom. The Kier molecular flexibility index (Phi) is 9.31. The molecule has 6 nitrogen and oxygen atoms in total. The van der Waals surface area contributed by atoms with Gasteiger partial charge in [0.25, 0.3) is 5.91 Å². The summed E-state index contributed by atoms with van der Waals surface area (Å²) in [5, 5.41) is 2.92. The van der Waals surface area contributed by atoms with Crippen LogP contribution in [0.2, 0.25) is 0 Å². The summed E-state index contributed by atoms with van der Waals surface area (Å²) in [6, 6.07) is 15.2. The van der Waals surface area contributed by atoms with Gasteiger partial charge in [0, 0.05) is 13.2 Å². The summed E-state index contributed by atoms with van der Waals surface area (Å²) in [6.45, 7) is 6.89. The van der Waals surface area contributed by atoms with Crippen LogP contribution in [0.15, 0.2) is 48.5 Å². The van der Waals surface area contributed by atoms with E-state index in [1.54, 1.807) is 7.11 Å². The van der Waals surface area contributed by atoms with Gasteiger partial charge < -0.3 is 24.3 Å². The van der Waals surface area contributed by atoms with Crippen LogP contribution in [0.4, 0.5) is 0 Å². The number of rotatable bonds is 12. The second kappa shape index (κ2) is 12.0. The van der Waals surface area contributed by atoms with Crippen molar-refractivity contribution < 1.29 is 23.7 Å². The Morgan fingerprint density at radius 2 is 1.83 bits per heavy atom. The van der Waals surface area contributed by atoms with Gasteiger partial charge in [0.15, 0.2) is 17.6 Å². The predicted octanol–water partition coefficient (Wildman–Crippen LogP) is 3.63. The molecular formula is C23H31NO5. The maximum Gasteiger partial charge on any atom is 0.252 e. The molecule has 0 fully saturated rings.